The van der Waals surface area contributed by atoms with Gasteiger partial charge in [-0.3, -0.25) is 9.59 Å². The highest BCUT2D eigenvalue weighted by Gasteiger charge is 2.26. The quantitative estimate of drug-likeness (QED) is 0.462. The van der Waals surface area contributed by atoms with Gasteiger partial charge in [0.05, 0.1) is 0 Å². The topological polar surface area (TPSA) is 58.2 Å². The highest BCUT2D eigenvalue weighted by atomic mass is 16.2. The van der Waals surface area contributed by atoms with Crippen molar-refractivity contribution in [1.82, 2.24) is 10.6 Å². The van der Waals surface area contributed by atoms with E-state index in [9.17, 15) is 9.59 Å². The summed E-state index contributed by atoms with van der Waals surface area (Å²) < 4.78 is 0. The van der Waals surface area contributed by atoms with Gasteiger partial charge in [-0.25, -0.2) is 0 Å². The van der Waals surface area contributed by atoms with Crippen LogP contribution in [0.15, 0.2) is 11.8 Å². The Morgan fingerprint density at radius 3 is 3.00 bits per heavy atom. The molecule has 0 radical (unpaired) electrons. The highest BCUT2D eigenvalue weighted by molar-refractivity contribution is 6.41. The third kappa shape index (κ3) is 1.09. The third-order valence-corrected chi connectivity index (χ3v) is 2.28. The van der Waals surface area contributed by atoms with Crippen LogP contribution >= 0.6 is 0 Å². The standard InChI is InChI=1S/C8H10N2O2/c11-7-3-6-5(1-2-9-6)4-10-8(7)12/h3,5,9H,1-2,4H2,(H,10,12). The van der Waals surface area contributed by atoms with Gasteiger partial charge in [0.15, 0.2) is 0 Å². The van der Waals surface area contributed by atoms with Gasteiger partial charge in [-0.1, -0.05) is 0 Å². The first kappa shape index (κ1) is 7.34. The second kappa shape index (κ2) is 2.62. The zero-order valence-electron chi connectivity index (χ0n) is 6.59. The van der Waals surface area contributed by atoms with Crippen LogP contribution in [0.2, 0.25) is 0 Å². The molecule has 0 aliphatic carbocycles. The lowest BCUT2D eigenvalue weighted by Gasteiger charge is -2.06. The molecule has 12 heavy (non-hydrogen) atoms. The van der Waals surface area contributed by atoms with E-state index in [0.717, 1.165) is 18.7 Å². The molecule has 2 aliphatic rings. The molecule has 1 unspecified atom stereocenters. The molecule has 1 saturated heterocycles. The van der Waals surface area contributed by atoms with E-state index in [1.807, 2.05) is 0 Å². The summed E-state index contributed by atoms with van der Waals surface area (Å²) in [5.41, 5.74) is 0.915. The number of hydrogen-bond acceptors (Lipinski definition) is 3. The summed E-state index contributed by atoms with van der Waals surface area (Å²) in [7, 11) is 0. The highest BCUT2D eigenvalue weighted by Crippen LogP contribution is 2.19. The summed E-state index contributed by atoms with van der Waals surface area (Å²) in [5.74, 6) is -0.610. The summed E-state index contributed by atoms with van der Waals surface area (Å²) >= 11 is 0. The third-order valence-electron chi connectivity index (χ3n) is 2.28. The summed E-state index contributed by atoms with van der Waals surface area (Å²) in [4.78, 5) is 21.9. The van der Waals surface area contributed by atoms with Crippen molar-refractivity contribution in [3.63, 3.8) is 0 Å². The average molecular weight is 166 g/mol. The normalized spacial score (nSPS) is 28.3. The summed E-state index contributed by atoms with van der Waals surface area (Å²) in [6, 6.07) is 0. The minimum atomic E-state index is -0.487. The van der Waals surface area contributed by atoms with Gasteiger partial charge < -0.3 is 10.6 Å². The smallest absolute Gasteiger partial charge is 0.291 e. The number of nitrogens with one attached hydrogen (secondary N) is 2. The Bertz CT molecular complexity index is 270. The molecule has 0 aromatic rings. The number of ketones is 1. The second-order valence-corrected chi connectivity index (χ2v) is 3.09. The lowest BCUT2D eigenvalue weighted by Crippen LogP contribution is -2.30. The molecule has 1 atom stereocenters. The van der Waals surface area contributed by atoms with Crippen molar-refractivity contribution in [2.75, 3.05) is 13.1 Å². The van der Waals surface area contributed by atoms with Crippen LogP contribution in [0.3, 0.4) is 0 Å². The first-order valence-electron chi connectivity index (χ1n) is 4.05. The first-order chi connectivity index (χ1) is 5.77. The molecule has 2 rings (SSSR count). The Balaban J connectivity index is 2.27. The average Bonchev–Trinajstić information content (AvgIpc) is 2.43. The van der Waals surface area contributed by atoms with Crippen LogP contribution in [-0.4, -0.2) is 24.8 Å². The fourth-order valence-electron chi connectivity index (χ4n) is 1.58. The minimum absolute atomic E-state index is 0.320. The number of carbonyl (C=O) groups is 2. The van der Waals surface area contributed by atoms with Gasteiger partial charge >= 0.3 is 0 Å². The van der Waals surface area contributed by atoms with Crippen molar-refractivity contribution in [3.8, 4) is 0 Å². The van der Waals surface area contributed by atoms with E-state index in [0.29, 0.717) is 12.5 Å². The maximum absolute atomic E-state index is 11.0. The number of fused-ring (bicyclic) bond motifs is 1. The van der Waals surface area contributed by atoms with E-state index in [2.05, 4.69) is 10.6 Å². The number of hydrogen-bond donors (Lipinski definition) is 2. The molecule has 0 aromatic carbocycles. The van der Waals surface area contributed by atoms with Gasteiger partial charge in [-0.05, 0) is 6.42 Å². The summed E-state index contributed by atoms with van der Waals surface area (Å²) in [5, 5.41) is 5.68. The molecule has 0 aromatic heterocycles. The van der Waals surface area contributed by atoms with Gasteiger partial charge in [0.25, 0.3) is 5.91 Å². The SMILES string of the molecule is O=C1C=C2NCCC2CNC1=O. The molecular weight excluding hydrogens is 156 g/mol. The minimum Gasteiger partial charge on any atom is -0.388 e. The number of amides is 1. The molecule has 0 saturated carbocycles. The maximum atomic E-state index is 11.0. The molecule has 0 spiro atoms. The van der Waals surface area contributed by atoms with Crippen LogP contribution in [0.4, 0.5) is 0 Å². The zero-order chi connectivity index (χ0) is 8.55. The predicted octanol–water partition coefficient (Wildman–Crippen LogP) is -0.821. The van der Waals surface area contributed by atoms with Crippen molar-refractivity contribution in [2.24, 2.45) is 5.92 Å². The molecule has 2 aliphatic heterocycles. The number of carbonyl (C=O) groups excluding carboxylic acids is 2. The molecule has 4 nitrogen and oxygen atoms in total. The fraction of sp³-hybridized carbons (Fsp3) is 0.500. The van der Waals surface area contributed by atoms with Crippen molar-refractivity contribution in [2.45, 2.75) is 6.42 Å². The van der Waals surface area contributed by atoms with Crippen molar-refractivity contribution in [3.05, 3.63) is 11.8 Å². The van der Waals surface area contributed by atoms with Gasteiger partial charge in [0.1, 0.15) is 0 Å². The fourth-order valence-corrected chi connectivity index (χ4v) is 1.58. The molecule has 2 heterocycles. The molecule has 1 amide bonds. The van der Waals surface area contributed by atoms with Gasteiger partial charge in [-0.2, -0.15) is 0 Å². The van der Waals surface area contributed by atoms with Crippen LogP contribution in [0, 0.1) is 5.92 Å². The van der Waals surface area contributed by atoms with E-state index in [4.69, 9.17) is 0 Å². The first-order valence-corrected chi connectivity index (χ1v) is 4.05. The van der Waals surface area contributed by atoms with Crippen LogP contribution in [-0.2, 0) is 9.59 Å². The van der Waals surface area contributed by atoms with Gasteiger partial charge in [0, 0.05) is 30.8 Å². The van der Waals surface area contributed by atoms with Crippen LogP contribution in [0.5, 0.6) is 0 Å². The Morgan fingerprint density at radius 1 is 1.33 bits per heavy atom. The van der Waals surface area contributed by atoms with Gasteiger partial charge in [-0.15, -0.1) is 0 Å². The molecule has 0 bridgehead atoms. The van der Waals surface area contributed by atoms with E-state index < -0.39 is 11.7 Å². The molecule has 64 valence electrons. The number of rotatable bonds is 0. The van der Waals surface area contributed by atoms with E-state index in [1.54, 1.807) is 0 Å². The van der Waals surface area contributed by atoms with Crippen LogP contribution in [0.25, 0.3) is 0 Å². The van der Waals surface area contributed by atoms with Crippen molar-refractivity contribution >= 4 is 11.7 Å². The molecule has 2 N–H and O–H groups in total. The maximum Gasteiger partial charge on any atom is 0.291 e. The van der Waals surface area contributed by atoms with E-state index in [-0.39, 0.29) is 0 Å². The second-order valence-electron chi connectivity index (χ2n) is 3.09. The summed E-state index contributed by atoms with van der Waals surface area (Å²) in [6.07, 6.45) is 2.42. The Hall–Kier alpha value is -1.32. The largest absolute Gasteiger partial charge is 0.388 e. The zero-order valence-corrected chi connectivity index (χ0v) is 6.59. The molecule has 4 heteroatoms. The van der Waals surface area contributed by atoms with E-state index >= 15 is 0 Å². The monoisotopic (exact) mass is 166 g/mol. The van der Waals surface area contributed by atoms with Gasteiger partial charge in [0.2, 0.25) is 5.78 Å². The molecular formula is C8H10N2O2. The summed E-state index contributed by atoms with van der Waals surface area (Å²) in [6.45, 7) is 1.49. The Labute approximate surface area is 70.0 Å². The lowest BCUT2D eigenvalue weighted by atomic mass is 10.1. The predicted molar refractivity (Wildman–Crippen MR) is 42.2 cm³/mol. The van der Waals surface area contributed by atoms with Crippen LogP contribution in [0.1, 0.15) is 6.42 Å². The Morgan fingerprint density at radius 2 is 2.17 bits per heavy atom. The lowest BCUT2D eigenvalue weighted by molar-refractivity contribution is -0.135. The van der Waals surface area contributed by atoms with Crippen molar-refractivity contribution in [1.29, 1.82) is 0 Å². The van der Waals surface area contributed by atoms with Crippen LogP contribution < -0.4 is 10.6 Å². The Kier molecular flexibility index (Phi) is 1.60. The van der Waals surface area contributed by atoms with E-state index in [1.165, 1.54) is 6.08 Å². The molecule has 1 fully saturated rings. The van der Waals surface area contributed by atoms with Crippen molar-refractivity contribution < 1.29 is 9.59 Å².